The molecule has 1 aromatic heterocycles. The van der Waals surface area contributed by atoms with Crippen molar-refractivity contribution in [3.8, 4) is 0 Å². The summed E-state index contributed by atoms with van der Waals surface area (Å²) in [5.41, 5.74) is 9.33. The molecule has 3 nitrogen and oxygen atoms in total. The fourth-order valence-electron chi connectivity index (χ4n) is 1.77. The third kappa shape index (κ3) is 2.51. The second-order valence-electron chi connectivity index (χ2n) is 4.12. The zero-order valence-corrected chi connectivity index (χ0v) is 10.8. The molecule has 2 rings (SSSR count). The Morgan fingerprint density at radius 3 is 2.76 bits per heavy atom. The van der Waals surface area contributed by atoms with Crippen LogP contribution in [0.4, 0.5) is 0 Å². The van der Waals surface area contributed by atoms with E-state index < -0.39 is 0 Å². The van der Waals surface area contributed by atoms with E-state index in [0.717, 1.165) is 28.3 Å². The fraction of sp³-hybridized carbons (Fsp3) is 0.308. The normalized spacial score (nSPS) is 12.7. The van der Waals surface area contributed by atoms with Crippen molar-refractivity contribution in [1.82, 2.24) is 9.78 Å². The van der Waals surface area contributed by atoms with Gasteiger partial charge in [-0.2, -0.15) is 5.10 Å². The Labute approximate surface area is 106 Å². The molecule has 0 saturated carbocycles. The Kier molecular flexibility index (Phi) is 3.50. The molecule has 0 spiro atoms. The summed E-state index contributed by atoms with van der Waals surface area (Å²) in [5.74, 6) is 0. The van der Waals surface area contributed by atoms with Crippen LogP contribution >= 0.6 is 11.6 Å². The van der Waals surface area contributed by atoms with Crippen molar-refractivity contribution in [2.24, 2.45) is 5.73 Å². The molecule has 4 heteroatoms. The summed E-state index contributed by atoms with van der Waals surface area (Å²) in [6.07, 6.45) is 3.80. The summed E-state index contributed by atoms with van der Waals surface area (Å²) in [7, 11) is 0. The third-order valence-corrected chi connectivity index (χ3v) is 3.30. The van der Waals surface area contributed by atoms with Crippen molar-refractivity contribution in [3.05, 3.63) is 52.3 Å². The van der Waals surface area contributed by atoms with E-state index in [0.29, 0.717) is 0 Å². The van der Waals surface area contributed by atoms with Crippen LogP contribution in [0.2, 0.25) is 5.02 Å². The highest BCUT2D eigenvalue weighted by Crippen LogP contribution is 2.23. The summed E-state index contributed by atoms with van der Waals surface area (Å²) in [5, 5.41) is 5.00. The van der Waals surface area contributed by atoms with Gasteiger partial charge in [-0.05, 0) is 31.0 Å². The molecule has 2 N–H and O–H groups in total. The lowest BCUT2D eigenvalue weighted by atomic mass is 10.0. The second-order valence-corrected chi connectivity index (χ2v) is 4.52. The molecular weight excluding hydrogens is 234 g/mol. The van der Waals surface area contributed by atoms with Gasteiger partial charge in [-0.3, -0.25) is 4.68 Å². The summed E-state index contributed by atoms with van der Waals surface area (Å²) >= 11 is 6.00. The van der Waals surface area contributed by atoms with E-state index >= 15 is 0 Å². The summed E-state index contributed by atoms with van der Waals surface area (Å²) < 4.78 is 1.87. The molecule has 0 aliphatic rings. The topological polar surface area (TPSA) is 43.8 Å². The zero-order valence-electron chi connectivity index (χ0n) is 10.0. The van der Waals surface area contributed by atoms with Crippen LogP contribution in [0.5, 0.6) is 0 Å². The molecule has 1 aromatic carbocycles. The van der Waals surface area contributed by atoms with Gasteiger partial charge in [0.2, 0.25) is 0 Å². The van der Waals surface area contributed by atoms with Gasteiger partial charge in [-0.1, -0.05) is 23.7 Å². The number of nitrogens with two attached hydrogens (primary N) is 1. The van der Waals surface area contributed by atoms with E-state index in [9.17, 15) is 0 Å². The molecule has 17 heavy (non-hydrogen) atoms. The Bertz CT molecular complexity index is 519. The predicted molar refractivity (Wildman–Crippen MR) is 70.1 cm³/mol. The summed E-state index contributed by atoms with van der Waals surface area (Å²) in [6, 6.07) is 5.72. The Hall–Kier alpha value is -1.32. The largest absolute Gasteiger partial charge is 0.320 e. The lowest BCUT2D eigenvalue weighted by Gasteiger charge is -2.11. The van der Waals surface area contributed by atoms with Crippen molar-refractivity contribution < 1.29 is 0 Å². The first kappa shape index (κ1) is 12.1. The van der Waals surface area contributed by atoms with Crippen molar-refractivity contribution in [3.63, 3.8) is 0 Å². The molecule has 0 fully saturated rings. The average Bonchev–Trinajstić information content (AvgIpc) is 2.80. The fourth-order valence-corrected chi connectivity index (χ4v) is 1.88. The summed E-state index contributed by atoms with van der Waals surface area (Å²) in [6.45, 7) is 4.88. The van der Waals surface area contributed by atoms with Gasteiger partial charge in [-0.15, -0.1) is 0 Å². The van der Waals surface area contributed by atoms with Crippen LogP contribution in [0.15, 0.2) is 30.6 Å². The van der Waals surface area contributed by atoms with Gasteiger partial charge in [0, 0.05) is 23.3 Å². The van der Waals surface area contributed by atoms with Gasteiger partial charge in [-0.25, -0.2) is 0 Å². The number of hydrogen-bond donors (Lipinski definition) is 1. The van der Waals surface area contributed by atoms with Crippen LogP contribution in [-0.2, 0) is 6.54 Å². The molecule has 0 aliphatic carbocycles. The molecule has 0 amide bonds. The van der Waals surface area contributed by atoms with Crippen molar-refractivity contribution >= 4 is 11.6 Å². The highest BCUT2D eigenvalue weighted by Gasteiger charge is 2.11. The van der Waals surface area contributed by atoms with Crippen LogP contribution in [0, 0.1) is 6.92 Å². The maximum Gasteiger partial charge on any atom is 0.0582 e. The van der Waals surface area contributed by atoms with E-state index in [1.165, 1.54) is 0 Å². The highest BCUT2D eigenvalue weighted by atomic mass is 35.5. The molecular formula is C13H16ClN3. The molecule has 0 radical (unpaired) electrons. The summed E-state index contributed by atoms with van der Waals surface area (Å²) in [4.78, 5) is 0. The van der Waals surface area contributed by atoms with Crippen molar-refractivity contribution in [1.29, 1.82) is 0 Å². The minimum absolute atomic E-state index is 0.147. The molecule has 1 heterocycles. The van der Waals surface area contributed by atoms with Gasteiger partial charge < -0.3 is 5.73 Å². The molecule has 0 aliphatic heterocycles. The minimum atomic E-state index is -0.147. The van der Waals surface area contributed by atoms with Crippen molar-refractivity contribution in [2.75, 3.05) is 0 Å². The first-order valence-electron chi connectivity index (χ1n) is 5.65. The maximum absolute atomic E-state index is 6.21. The molecule has 1 unspecified atom stereocenters. The minimum Gasteiger partial charge on any atom is -0.320 e. The average molecular weight is 250 g/mol. The van der Waals surface area contributed by atoms with Gasteiger partial charge in [0.25, 0.3) is 0 Å². The van der Waals surface area contributed by atoms with Gasteiger partial charge >= 0.3 is 0 Å². The SMILES string of the molecule is CCn1cc(C(N)c2ccc(Cl)c(C)c2)cn1. The lowest BCUT2D eigenvalue weighted by Crippen LogP contribution is -2.11. The van der Waals surface area contributed by atoms with E-state index in [-0.39, 0.29) is 6.04 Å². The Morgan fingerprint density at radius 2 is 2.18 bits per heavy atom. The van der Waals surface area contributed by atoms with E-state index in [2.05, 4.69) is 12.0 Å². The molecule has 1 atom stereocenters. The Morgan fingerprint density at radius 1 is 1.41 bits per heavy atom. The number of hydrogen-bond acceptors (Lipinski definition) is 2. The number of halogens is 1. The quantitative estimate of drug-likeness (QED) is 0.909. The first-order valence-corrected chi connectivity index (χ1v) is 6.03. The molecule has 90 valence electrons. The second kappa shape index (κ2) is 4.90. The standard InChI is InChI=1S/C13H16ClN3/c1-3-17-8-11(7-16-17)13(15)10-4-5-12(14)9(2)6-10/h4-8,13H,3,15H2,1-2H3. The molecule has 0 saturated heterocycles. The van der Waals surface area contributed by atoms with Crippen LogP contribution in [-0.4, -0.2) is 9.78 Å². The van der Waals surface area contributed by atoms with Crippen LogP contribution in [0.25, 0.3) is 0 Å². The van der Waals surface area contributed by atoms with Crippen LogP contribution < -0.4 is 5.73 Å². The smallest absolute Gasteiger partial charge is 0.0582 e. The number of rotatable bonds is 3. The lowest BCUT2D eigenvalue weighted by molar-refractivity contribution is 0.658. The number of nitrogens with zero attached hydrogens (tertiary/aromatic N) is 2. The monoisotopic (exact) mass is 249 g/mol. The number of benzene rings is 1. The number of aromatic nitrogens is 2. The third-order valence-electron chi connectivity index (χ3n) is 2.88. The molecule has 2 aromatic rings. The van der Waals surface area contributed by atoms with E-state index in [1.807, 2.05) is 42.2 Å². The highest BCUT2D eigenvalue weighted by molar-refractivity contribution is 6.31. The molecule has 0 bridgehead atoms. The van der Waals surface area contributed by atoms with Gasteiger partial charge in [0.15, 0.2) is 0 Å². The van der Waals surface area contributed by atoms with Crippen LogP contribution in [0.3, 0.4) is 0 Å². The zero-order chi connectivity index (χ0) is 12.4. The van der Waals surface area contributed by atoms with Crippen molar-refractivity contribution in [2.45, 2.75) is 26.4 Å². The predicted octanol–water partition coefficient (Wildman–Crippen LogP) is 2.91. The number of aryl methyl sites for hydroxylation is 2. The van der Waals surface area contributed by atoms with E-state index in [4.69, 9.17) is 17.3 Å². The van der Waals surface area contributed by atoms with E-state index in [1.54, 1.807) is 0 Å². The van der Waals surface area contributed by atoms with Crippen LogP contribution in [0.1, 0.15) is 29.7 Å². The Balaban J connectivity index is 2.29. The van der Waals surface area contributed by atoms with Gasteiger partial charge in [0.1, 0.15) is 0 Å². The first-order chi connectivity index (χ1) is 8.11. The van der Waals surface area contributed by atoms with Gasteiger partial charge in [0.05, 0.1) is 12.2 Å². The maximum atomic E-state index is 6.21.